The van der Waals surface area contributed by atoms with E-state index in [2.05, 4.69) is 10.6 Å². The number of amides is 2. The van der Waals surface area contributed by atoms with Crippen LogP contribution in [0.4, 0.5) is 16.2 Å². The van der Waals surface area contributed by atoms with Crippen molar-refractivity contribution in [2.24, 2.45) is 0 Å². The average Bonchev–Trinajstić information content (AvgIpc) is 2.34. The third-order valence-electron chi connectivity index (χ3n) is 2.21. The molecule has 0 aliphatic rings. The summed E-state index contributed by atoms with van der Waals surface area (Å²) in [7, 11) is -0.873. The summed E-state index contributed by atoms with van der Waals surface area (Å²) in [5, 5.41) is 15.6. The summed E-state index contributed by atoms with van der Waals surface area (Å²) < 4.78 is 10.8. The third kappa shape index (κ3) is 5.96. The molecule has 0 radical (unpaired) electrons. The van der Waals surface area contributed by atoms with Gasteiger partial charge in [-0.15, -0.1) is 0 Å². The van der Waals surface area contributed by atoms with Crippen molar-refractivity contribution in [2.75, 3.05) is 23.9 Å². The highest BCUT2D eigenvalue weighted by Gasteiger charge is 2.07. The fourth-order valence-corrected chi connectivity index (χ4v) is 1.90. The van der Waals surface area contributed by atoms with E-state index in [0.29, 0.717) is 24.4 Å². The number of urea groups is 1. The maximum Gasteiger partial charge on any atom is 0.319 e. The van der Waals surface area contributed by atoms with Gasteiger partial charge in [-0.25, -0.2) is 4.79 Å². The van der Waals surface area contributed by atoms with E-state index in [0.717, 1.165) is 0 Å². The number of benzene rings is 1. The average molecular weight is 285 g/mol. The van der Waals surface area contributed by atoms with E-state index in [1.165, 1.54) is 18.2 Å². The van der Waals surface area contributed by atoms with Crippen molar-refractivity contribution in [1.29, 1.82) is 0 Å². The van der Waals surface area contributed by atoms with Crippen LogP contribution < -0.4 is 10.6 Å². The van der Waals surface area contributed by atoms with Gasteiger partial charge in [0.05, 0.1) is 4.92 Å². The Morgan fingerprint density at radius 3 is 2.84 bits per heavy atom. The molecule has 0 fully saturated rings. The number of carbonyl (C=O) groups is 1. The van der Waals surface area contributed by atoms with Crippen molar-refractivity contribution in [3.8, 4) is 0 Å². The molecule has 0 aromatic heterocycles. The quantitative estimate of drug-likeness (QED) is 0.469. The number of hydrogen-bond acceptors (Lipinski definition) is 4. The fraction of sp³-hybridized carbons (Fsp3) is 0.364. The number of non-ortho nitro benzene ring substituents is 1. The lowest BCUT2D eigenvalue weighted by atomic mass is 10.3. The van der Waals surface area contributed by atoms with E-state index < -0.39 is 21.8 Å². The first kappa shape index (κ1) is 15.1. The number of anilines is 1. The van der Waals surface area contributed by atoms with E-state index in [9.17, 15) is 19.1 Å². The lowest BCUT2D eigenvalue weighted by molar-refractivity contribution is -0.384. The summed E-state index contributed by atoms with van der Waals surface area (Å²) in [5.74, 6) is 0.525. The Bertz CT molecular complexity index is 493. The highest BCUT2D eigenvalue weighted by Crippen LogP contribution is 2.16. The molecule has 8 heteroatoms. The molecule has 0 unspecified atom stereocenters. The zero-order valence-electron chi connectivity index (χ0n) is 10.4. The van der Waals surface area contributed by atoms with Crippen LogP contribution in [-0.4, -0.2) is 33.7 Å². The molecule has 1 aromatic carbocycles. The number of carbonyl (C=O) groups excluding carboxylic acids is 1. The molecule has 0 spiro atoms. The molecule has 0 aliphatic carbocycles. The summed E-state index contributed by atoms with van der Waals surface area (Å²) in [6, 6.07) is 5.24. The van der Waals surface area contributed by atoms with Crippen molar-refractivity contribution in [2.45, 2.75) is 6.42 Å². The Hall–Kier alpha value is -1.96. The smallest absolute Gasteiger partial charge is 0.319 e. The van der Waals surface area contributed by atoms with Crippen LogP contribution in [0.2, 0.25) is 0 Å². The SMILES string of the molecule is C[S@](=O)CCCNC(=O)Nc1cccc([N+](=O)[O-])c1. The van der Waals surface area contributed by atoms with Gasteiger partial charge in [-0.05, 0) is 12.5 Å². The van der Waals surface area contributed by atoms with Crippen LogP contribution in [0, 0.1) is 10.1 Å². The van der Waals surface area contributed by atoms with Crippen LogP contribution in [0.3, 0.4) is 0 Å². The number of nitrogens with zero attached hydrogens (tertiary/aromatic N) is 1. The molecule has 0 bridgehead atoms. The zero-order valence-corrected chi connectivity index (χ0v) is 11.2. The number of hydrogen-bond donors (Lipinski definition) is 2. The Kier molecular flexibility index (Phi) is 5.94. The minimum Gasteiger partial charge on any atom is -0.338 e. The minimum absolute atomic E-state index is 0.0841. The second kappa shape index (κ2) is 7.47. The van der Waals surface area contributed by atoms with Crippen LogP contribution >= 0.6 is 0 Å². The van der Waals surface area contributed by atoms with Crippen molar-refractivity contribution < 1.29 is 13.9 Å². The maximum absolute atomic E-state index is 11.5. The molecule has 104 valence electrons. The number of nitro benzene ring substituents is 1. The Balaban J connectivity index is 2.42. The van der Waals surface area contributed by atoms with Crippen LogP contribution in [0.1, 0.15) is 6.42 Å². The number of nitro groups is 1. The van der Waals surface area contributed by atoms with E-state index in [-0.39, 0.29) is 5.69 Å². The molecule has 1 atom stereocenters. The van der Waals surface area contributed by atoms with E-state index >= 15 is 0 Å². The molecule has 19 heavy (non-hydrogen) atoms. The highest BCUT2D eigenvalue weighted by atomic mass is 32.2. The molecule has 1 rings (SSSR count). The van der Waals surface area contributed by atoms with E-state index in [1.807, 2.05) is 0 Å². The predicted octanol–water partition coefficient (Wildman–Crippen LogP) is 1.48. The molecule has 7 nitrogen and oxygen atoms in total. The molecule has 0 heterocycles. The molecule has 0 saturated heterocycles. The normalized spacial score (nSPS) is 11.6. The van der Waals surface area contributed by atoms with Crippen molar-refractivity contribution in [1.82, 2.24) is 5.32 Å². The zero-order chi connectivity index (χ0) is 14.3. The van der Waals surface area contributed by atoms with Gasteiger partial charge in [-0.3, -0.25) is 14.3 Å². The van der Waals surface area contributed by atoms with Gasteiger partial charge in [0.1, 0.15) is 0 Å². The first-order valence-corrected chi connectivity index (χ1v) is 7.31. The topological polar surface area (TPSA) is 101 Å². The Labute approximate surface area is 113 Å². The van der Waals surface area contributed by atoms with Crippen LogP contribution in [0.5, 0.6) is 0 Å². The molecule has 2 N–H and O–H groups in total. The van der Waals surface area contributed by atoms with Crippen molar-refractivity contribution >= 4 is 28.2 Å². The van der Waals surface area contributed by atoms with Crippen LogP contribution in [-0.2, 0) is 10.8 Å². The van der Waals surface area contributed by atoms with Gasteiger partial charge >= 0.3 is 6.03 Å². The molecular formula is C11H15N3O4S. The first-order chi connectivity index (χ1) is 8.99. The molecule has 0 saturated carbocycles. The summed E-state index contributed by atoms with van der Waals surface area (Å²) in [6.07, 6.45) is 2.22. The van der Waals surface area contributed by atoms with Gasteiger partial charge in [0.2, 0.25) is 0 Å². The van der Waals surface area contributed by atoms with E-state index in [1.54, 1.807) is 12.3 Å². The molecule has 1 aromatic rings. The van der Waals surface area contributed by atoms with Gasteiger partial charge < -0.3 is 10.6 Å². The highest BCUT2D eigenvalue weighted by molar-refractivity contribution is 7.84. The standard InChI is InChI=1S/C11H15N3O4S/c1-19(18)7-3-6-12-11(15)13-9-4-2-5-10(8-9)14(16)17/h2,4-5,8H,3,6-7H2,1H3,(H2,12,13,15)/t19-/m0/s1. The largest absolute Gasteiger partial charge is 0.338 e. The molecule has 2 amide bonds. The maximum atomic E-state index is 11.5. The van der Waals surface area contributed by atoms with Crippen LogP contribution in [0.15, 0.2) is 24.3 Å². The van der Waals surface area contributed by atoms with Gasteiger partial charge in [-0.1, -0.05) is 6.07 Å². The first-order valence-electron chi connectivity index (χ1n) is 5.58. The van der Waals surface area contributed by atoms with Crippen LogP contribution in [0.25, 0.3) is 0 Å². The van der Waals surface area contributed by atoms with Gasteiger partial charge in [0.25, 0.3) is 5.69 Å². The number of rotatable bonds is 6. The van der Waals surface area contributed by atoms with Crippen molar-refractivity contribution in [3.05, 3.63) is 34.4 Å². The summed E-state index contributed by atoms with van der Waals surface area (Å²) in [6.45, 7) is 0.403. The van der Waals surface area contributed by atoms with Gasteiger partial charge in [0.15, 0.2) is 0 Å². The summed E-state index contributed by atoms with van der Waals surface area (Å²) in [5.41, 5.74) is 0.268. The van der Waals surface area contributed by atoms with Gasteiger partial charge in [-0.2, -0.15) is 0 Å². The molecule has 0 aliphatic heterocycles. The lowest BCUT2D eigenvalue weighted by Gasteiger charge is -2.06. The monoisotopic (exact) mass is 285 g/mol. The number of nitrogens with one attached hydrogen (secondary N) is 2. The second-order valence-corrected chi connectivity index (χ2v) is 5.37. The predicted molar refractivity (Wildman–Crippen MR) is 73.7 cm³/mol. The summed E-state index contributed by atoms with van der Waals surface area (Å²) >= 11 is 0. The van der Waals surface area contributed by atoms with Gasteiger partial charge in [0, 0.05) is 47.2 Å². The van der Waals surface area contributed by atoms with E-state index in [4.69, 9.17) is 0 Å². The minimum atomic E-state index is -0.873. The molecular weight excluding hydrogens is 270 g/mol. The summed E-state index contributed by atoms with van der Waals surface area (Å²) in [4.78, 5) is 21.5. The Morgan fingerprint density at radius 2 is 2.21 bits per heavy atom. The van der Waals surface area contributed by atoms with Crippen molar-refractivity contribution in [3.63, 3.8) is 0 Å². The Morgan fingerprint density at radius 1 is 1.47 bits per heavy atom. The second-order valence-electron chi connectivity index (χ2n) is 3.82. The lowest BCUT2D eigenvalue weighted by Crippen LogP contribution is -2.30. The fourth-order valence-electron chi connectivity index (χ4n) is 1.35. The third-order valence-corrected chi connectivity index (χ3v) is 3.07.